The highest BCUT2D eigenvalue weighted by Crippen LogP contribution is 2.30. The maximum absolute atomic E-state index is 14.4. The van der Waals surface area contributed by atoms with Crippen LogP contribution in [0.25, 0.3) is 0 Å². The van der Waals surface area contributed by atoms with Crippen LogP contribution in [0.15, 0.2) is 30.3 Å². The Labute approximate surface area is 133 Å². The molecule has 0 bridgehead atoms. The van der Waals surface area contributed by atoms with Crippen LogP contribution >= 0.6 is 11.6 Å². The lowest BCUT2D eigenvalue weighted by atomic mass is 10.1. The van der Waals surface area contributed by atoms with Gasteiger partial charge < -0.3 is 10.4 Å². The van der Waals surface area contributed by atoms with Gasteiger partial charge >= 0.3 is 5.97 Å². The van der Waals surface area contributed by atoms with Crippen molar-refractivity contribution in [3.63, 3.8) is 0 Å². The van der Waals surface area contributed by atoms with Crippen LogP contribution in [0, 0.1) is 12.7 Å². The van der Waals surface area contributed by atoms with E-state index in [9.17, 15) is 9.18 Å². The lowest BCUT2D eigenvalue weighted by molar-refractivity contribution is -0.136. The van der Waals surface area contributed by atoms with E-state index in [0.717, 1.165) is 5.56 Å². The minimum absolute atomic E-state index is 0.125. The fraction of sp³-hybridized carbons (Fsp3) is 0.235. The van der Waals surface area contributed by atoms with Gasteiger partial charge in [-0.3, -0.25) is 4.79 Å². The zero-order valence-corrected chi connectivity index (χ0v) is 13.2. The summed E-state index contributed by atoms with van der Waals surface area (Å²) >= 11 is 5.98. The molecule has 0 aliphatic rings. The normalized spacial score (nSPS) is 10.5. The molecule has 5 heteroatoms. The molecule has 0 saturated heterocycles. The Balaban J connectivity index is 2.41. The van der Waals surface area contributed by atoms with Gasteiger partial charge in [0.05, 0.1) is 12.1 Å². The number of carboxylic acid groups (broad SMARTS) is 1. The molecule has 2 aromatic carbocycles. The first-order valence-electron chi connectivity index (χ1n) is 6.97. The number of carboxylic acids is 1. The quantitative estimate of drug-likeness (QED) is 0.837. The molecule has 0 atom stereocenters. The predicted molar refractivity (Wildman–Crippen MR) is 86.6 cm³/mol. The molecule has 0 aliphatic carbocycles. The van der Waals surface area contributed by atoms with Crippen LogP contribution in [0.4, 0.5) is 15.8 Å². The van der Waals surface area contributed by atoms with Crippen molar-refractivity contribution in [2.75, 3.05) is 5.32 Å². The molecule has 0 fully saturated rings. The van der Waals surface area contributed by atoms with Crippen molar-refractivity contribution < 1.29 is 14.3 Å². The van der Waals surface area contributed by atoms with Gasteiger partial charge in [-0.25, -0.2) is 4.39 Å². The minimum atomic E-state index is -0.931. The average Bonchev–Trinajstić information content (AvgIpc) is 2.44. The molecular formula is C17H17ClFNO2. The molecule has 0 aromatic heterocycles. The van der Waals surface area contributed by atoms with E-state index in [2.05, 4.69) is 5.32 Å². The molecule has 22 heavy (non-hydrogen) atoms. The topological polar surface area (TPSA) is 49.3 Å². The summed E-state index contributed by atoms with van der Waals surface area (Å²) in [5.74, 6) is -1.34. The summed E-state index contributed by atoms with van der Waals surface area (Å²) in [6.45, 7) is 3.71. The summed E-state index contributed by atoms with van der Waals surface area (Å²) in [6, 6.07) is 8.58. The van der Waals surface area contributed by atoms with Crippen molar-refractivity contribution in [3.8, 4) is 0 Å². The first kappa shape index (κ1) is 16.3. The van der Waals surface area contributed by atoms with E-state index in [1.54, 1.807) is 24.3 Å². The SMILES string of the molecule is CCc1c(Cl)ccc(Nc2ccc(C)cc2CC(=O)O)c1F. The van der Waals surface area contributed by atoms with Crippen molar-refractivity contribution in [2.45, 2.75) is 26.7 Å². The van der Waals surface area contributed by atoms with Crippen LogP contribution in [0.2, 0.25) is 5.02 Å². The molecule has 0 radical (unpaired) electrons. The van der Waals surface area contributed by atoms with E-state index < -0.39 is 11.8 Å². The van der Waals surface area contributed by atoms with Crippen molar-refractivity contribution in [2.24, 2.45) is 0 Å². The van der Waals surface area contributed by atoms with E-state index in [4.69, 9.17) is 16.7 Å². The largest absolute Gasteiger partial charge is 0.481 e. The molecule has 2 rings (SSSR count). The van der Waals surface area contributed by atoms with Crippen molar-refractivity contribution >= 4 is 28.9 Å². The van der Waals surface area contributed by atoms with Gasteiger partial charge in [0, 0.05) is 16.3 Å². The number of aliphatic carboxylic acids is 1. The van der Waals surface area contributed by atoms with Gasteiger partial charge in [-0.15, -0.1) is 0 Å². The third kappa shape index (κ3) is 3.57. The highest BCUT2D eigenvalue weighted by Gasteiger charge is 2.13. The van der Waals surface area contributed by atoms with Crippen LogP contribution in [0.3, 0.4) is 0 Å². The lowest BCUT2D eigenvalue weighted by Gasteiger charge is -2.14. The number of hydrogen-bond donors (Lipinski definition) is 2. The molecule has 3 nitrogen and oxygen atoms in total. The van der Waals surface area contributed by atoms with Gasteiger partial charge in [0.1, 0.15) is 0 Å². The second-order valence-corrected chi connectivity index (χ2v) is 5.50. The minimum Gasteiger partial charge on any atom is -0.481 e. The van der Waals surface area contributed by atoms with Crippen LogP contribution in [0.5, 0.6) is 0 Å². The number of anilines is 2. The molecule has 116 valence electrons. The number of halogens is 2. The maximum Gasteiger partial charge on any atom is 0.307 e. The first-order valence-corrected chi connectivity index (χ1v) is 7.35. The van der Waals surface area contributed by atoms with Gasteiger partial charge in [0.2, 0.25) is 0 Å². The number of carbonyl (C=O) groups is 1. The average molecular weight is 322 g/mol. The fourth-order valence-corrected chi connectivity index (χ4v) is 2.60. The third-order valence-corrected chi connectivity index (χ3v) is 3.77. The monoisotopic (exact) mass is 321 g/mol. The maximum atomic E-state index is 14.4. The van der Waals surface area contributed by atoms with Crippen molar-refractivity contribution in [1.82, 2.24) is 0 Å². The van der Waals surface area contributed by atoms with E-state index >= 15 is 0 Å². The summed E-state index contributed by atoms with van der Waals surface area (Å²) in [5.41, 5.74) is 2.87. The number of benzene rings is 2. The van der Waals surface area contributed by atoms with E-state index in [1.165, 1.54) is 0 Å². The predicted octanol–water partition coefficient (Wildman–Crippen LogP) is 4.72. The molecule has 2 aromatic rings. The lowest BCUT2D eigenvalue weighted by Crippen LogP contribution is -2.05. The molecule has 0 amide bonds. The zero-order chi connectivity index (χ0) is 16.3. The Morgan fingerprint density at radius 1 is 1.27 bits per heavy atom. The third-order valence-electron chi connectivity index (χ3n) is 3.41. The highest BCUT2D eigenvalue weighted by molar-refractivity contribution is 6.31. The van der Waals surface area contributed by atoms with Gasteiger partial charge in [-0.1, -0.05) is 36.2 Å². The zero-order valence-electron chi connectivity index (χ0n) is 12.4. The summed E-state index contributed by atoms with van der Waals surface area (Å²) in [6.07, 6.45) is 0.357. The van der Waals surface area contributed by atoms with E-state index in [0.29, 0.717) is 28.3 Å². The van der Waals surface area contributed by atoms with E-state index in [1.807, 2.05) is 19.9 Å². The number of aryl methyl sites for hydroxylation is 1. The Morgan fingerprint density at radius 3 is 2.59 bits per heavy atom. The van der Waals surface area contributed by atoms with Crippen LogP contribution < -0.4 is 5.32 Å². The summed E-state index contributed by atoms with van der Waals surface area (Å²) < 4.78 is 14.4. The molecule has 0 saturated carbocycles. The van der Waals surface area contributed by atoms with Gasteiger partial charge in [0.25, 0.3) is 0 Å². The molecule has 0 heterocycles. The Morgan fingerprint density at radius 2 is 1.95 bits per heavy atom. The Hall–Kier alpha value is -2.07. The van der Waals surface area contributed by atoms with Gasteiger partial charge in [0.15, 0.2) is 5.82 Å². The second kappa shape index (κ2) is 6.79. The highest BCUT2D eigenvalue weighted by atomic mass is 35.5. The van der Waals surface area contributed by atoms with Crippen molar-refractivity contribution in [1.29, 1.82) is 0 Å². The smallest absolute Gasteiger partial charge is 0.307 e. The number of rotatable bonds is 5. The molecule has 0 spiro atoms. The summed E-state index contributed by atoms with van der Waals surface area (Å²) in [5, 5.41) is 12.4. The van der Waals surface area contributed by atoms with E-state index in [-0.39, 0.29) is 12.1 Å². The summed E-state index contributed by atoms with van der Waals surface area (Å²) in [7, 11) is 0. The van der Waals surface area contributed by atoms with Gasteiger partial charge in [-0.2, -0.15) is 0 Å². The van der Waals surface area contributed by atoms with Gasteiger partial charge in [-0.05, 0) is 37.1 Å². The number of hydrogen-bond acceptors (Lipinski definition) is 2. The first-order chi connectivity index (χ1) is 10.4. The van der Waals surface area contributed by atoms with Crippen molar-refractivity contribution in [3.05, 3.63) is 57.9 Å². The molecular weight excluding hydrogens is 305 g/mol. The number of nitrogens with one attached hydrogen (secondary N) is 1. The summed E-state index contributed by atoms with van der Waals surface area (Å²) in [4.78, 5) is 11.0. The molecule has 0 aliphatic heterocycles. The van der Waals surface area contributed by atoms with Crippen LogP contribution in [0.1, 0.15) is 23.6 Å². The van der Waals surface area contributed by atoms with Crippen LogP contribution in [-0.2, 0) is 17.6 Å². The Kier molecular flexibility index (Phi) is 5.03. The standard InChI is InChI=1S/C17H17ClFNO2/c1-3-12-13(18)5-7-15(17(12)19)20-14-6-4-10(2)8-11(14)9-16(21)22/h4-8,20H,3,9H2,1-2H3,(H,21,22). The molecule has 0 unspecified atom stereocenters. The fourth-order valence-electron chi connectivity index (χ4n) is 2.32. The van der Waals surface area contributed by atoms with Crippen LogP contribution in [-0.4, -0.2) is 11.1 Å². The Bertz CT molecular complexity index is 716. The second-order valence-electron chi connectivity index (χ2n) is 5.10. The molecule has 2 N–H and O–H groups in total.